The van der Waals surface area contributed by atoms with Gasteiger partial charge < -0.3 is 9.84 Å². The van der Waals surface area contributed by atoms with Crippen LogP contribution in [0.3, 0.4) is 0 Å². The van der Waals surface area contributed by atoms with Crippen molar-refractivity contribution in [2.24, 2.45) is 0 Å². The van der Waals surface area contributed by atoms with Gasteiger partial charge in [-0.05, 0) is 24.8 Å². The Balaban J connectivity index is 1.75. The number of benzene rings is 1. The van der Waals surface area contributed by atoms with Crippen LogP contribution in [0.4, 0.5) is 0 Å². The molecule has 3 aliphatic heterocycles. The number of rotatable bonds is 2. The molecule has 0 saturated carbocycles. The molecule has 1 unspecified atom stereocenters. The van der Waals surface area contributed by atoms with Gasteiger partial charge in [0.05, 0.1) is 18.7 Å². The van der Waals surface area contributed by atoms with Gasteiger partial charge >= 0.3 is 0 Å². The first-order chi connectivity index (χ1) is 11.1. The Hall–Kier alpha value is -1.02. The lowest BCUT2D eigenvalue weighted by Crippen LogP contribution is -2.77. The summed E-state index contributed by atoms with van der Waals surface area (Å²) in [7, 11) is 2.61. The van der Waals surface area contributed by atoms with E-state index in [9.17, 15) is 10.4 Å². The van der Waals surface area contributed by atoms with E-state index in [4.69, 9.17) is 4.74 Å². The molecule has 1 aromatic rings. The molecule has 5 nitrogen and oxygen atoms in total. The normalized spacial score (nSPS) is 36.9. The van der Waals surface area contributed by atoms with E-state index in [-0.39, 0.29) is 12.3 Å². The molecule has 1 aromatic carbocycles. The maximum absolute atomic E-state index is 11.2. The molecule has 3 heterocycles. The molecule has 3 fully saturated rings. The Morgan fingerprint density at radius 2 is 2.04 bits per heavy atom. The standard InChI is InChI=1S/C17H22N3O2P/c18-10-16(17(21)11-19(23)12-17)8-4-7-15-20(16)14(9-22-15)13-5-2-1-3-6-13/h1-3,5-6,14-15,21H,4,7-9,11-12,23H2/t14-,15+,16-/m1/s1. The molecule has 0 amide bonds. The first-order valence-electron chi connectivity index (χ1n) is 8.18. The van der Waals surface area contributed by atoms with E-state index in [1.54, 1.807) is 0 Å². The number of fused-ring (bicyclic) bond motifs is 1. The molecular weight excluding hydrogens is 309 g/mol. The summed E-state index contributed by atoms with van der Waals surface area (Å²) in [5.41, 5.74) is -0.717. The molecule has 0 aromatic heterocycles. The largest absolute Gasteiger partial charge is 0.384 e. The van der Waals surface area contributed by atoms with Crippen LogP contribution in [-0.4, -0.2) is 51.7 Å². The Kier molecular flexibility index (Phi) is 3.72. The van der Waals surface area contributed by atoms with Gasteiger partial charge in [0.15, 0.2) is 0 Å². The zero-order valence-electron chi connectivity index (χ0n) is 13.1. The third-order valence-corrected chi connectivity index (χ3v) is 5.96. The number of hydrogen-bond donors (Lipinski definition) is 1. The average Bonchev–Trinajstić information content (AvgIpc) is 2.98. The maximum Gasteiger partial charge on any atom is 0.143 e. The smallest absolute Gasteiger partial charge is 0.143 e. The van der Waals surface area contributed by atoms with Gasteiger partial charge in [-0.2, -0.15) is 5.26 Å². The summed E-state index contributed by atoms with van der Waals surface area (Å²) >= 11 is 0. The maximum atomic E-state index is 11.2. The molecule has 6 heteroatoms. The first-order valence-corrected chi connectivity index (χ1v) is 8.70. The van der Waals surface area contributed by atoms with E-state index in [2.05, 4.69) is 32.5 Å². The van der Waals surface area contributed by atoms with E-state index >= 15 is 0 Å². The molecule has 0 radical (unpaired) electrons. The number of piperidine rings is 1. The molecule has 3 saturated heterocycles. The van der Waals surface area contributed by atoms with Crippen LogP contribution >= 0.6 is 9.39 Å². The SMILES string of the molecule is N#C[C@@]1(C2(O)CN(P)C2)CCC[C@@H]2OC[C@H](c3ccccc3)N21. The number of ether oxygens (including phenoxy) is 1. The van der Waals surface area contributed by atoms with E-state index in [0.717, 1.165) is 18.4 Å². The van der Waals surface area contributed by atoms with Crippen molar-refractivity contribution in [1.82, 2.24) is 9.57 Å². The predicted octanol–water partition coefficient (Wildman–Crippen LogP) is 1.67. The van der Waals surface area contributed by atoms with Crippen molar-refractivity contribution in [3.05, 3.63) is 35.9 Å². The minimum atomic E-state index is -0.997. The lowest BCUT2D eigenvalue weighted by atomic mass is 9.69. The summed E-state index contributed by atoms with van der Waals surface area (Å²) in [6, 6.07) is 12.7. The van der Waals surface area contributed by atoms with Gasteiger partial charge in [0.2, 0.25) is 0 Å². The van der Waals surface area contributed by atoms with Crippen molar-refractivity contribution in [2.45, 2.75) is 42.7 Å². The fraction of sp³-hybridized carbons (Fsp3) is 0.588. The zero-order valence-corrected chi connectivity index (χ0v) is 14.2. The summed E-state index contributed by atoms with van der Waals surface area (Å²) in [6.07, 6.45) is 2.46. The summed E-state index contributed by atoms with van der Waals surface area (Å²) in [4.78, 5) is 2.17. The molecule has 122 valence electrons. The van der Waals surface area contributed by atoms with Crippen LogP contribution in [-0.2, 0) is 4.74 Å². The molecule has 3 aliphatic rings. The molecule has 23 heavy (non-hydrogen) atoms. The van der Waals surface area contributed by atoms with E-state index in [0.29, 0.717) is 26.1 Å². The molecule has 4 atom stereocenters. The highest BCUT2D eigenvalue weighted by atomic mass is 31.0. The minimum absolute atomic E-state index is 0.0312. The Morgan fingerprint density at radius 1 is 1.30 bits per heavy atom. The highest BCUT2D eigenvalue weighted by Gasteiger charge is 2.65. The monoisotopic (exact) mass is 331 g/mol. The Labute approximate surface area is 139 Å². The first kappa shape index (κ1) is 15.5. The fourth-order valence-corrected chi connectivity index (χ4v) is 5.07. The van der Waals surface area contributed by atoms with Gasteiger partial charge in [0, 0.05) is 13.1 Å². The summed E-state index contributed by atoms with van der Waals surface area (Å²) < 4.78 is 8.00. The second-order valence-corrected chi connectivity index (χ2v) is 7.65. The molecule has 4 rings (SSSR count). The van der Waals surface area contributed by atoms with Gasteiger partial charge in [0.25, 0.3) is 0 Å². The Bertz CT molecular complexity index is 628. The van der Waals surface area contributed by atoms with Crippen LogP contribution in [0.25, 0.3) is 0 Å². The van der Waals surface area contributed by atoms with Crippen molar-refractivity contribution in [3.63, 3.8) is 0 Å². The van der Waals surface area contributed by atoms with Gasteiger partial charge in [-0.1, -0.05) is 39.7 Å². The number of hydrogen-bond acceptors (Lipinski definition) is 5. The quantitative estimate of drug-likeness (QED) is 0.836. The minimum Gasteiger partial charge on any atom is -0.384 e. The van der Waals surface area contributed by atoms with Crippen molar-refractivity contribution >= 4 is 9.39 Å². The highest BCUT2D eigenvalue weighted by molar-refractivity contribution is 7.13. The summed E-state index contributed by atoms with van der Waals surface area (Å²) in [5, 5.41) is 21.3. The fourth-order valence-electron chi connectivity index (χ4n) is 4.47. The molecule has 0 spiro atoms. The number of nitriles is 1. The van der Waals surface area contributed by atoms with Crippen molar-refractivity contribution < 1.29 is 9.84 Å². The van der Waals surface area contributed by atoms with Crippen molar-refractivity contribution in [1.29, 1.82) is 5.26 Å². The lowest BCUT2D eigenvalue weighted by Gasteiger charge is -2.59. The molecule has 0 bridgehead atoms. The topological polar surface area (TPSA) is 59.7 Å². The Morgan fingerprint density at radius 3 is 2.70 bits per heavy atom. The lowest BCUT2D eigenvalue weighted by molar-refractivity contribution is -0.186. The van der Waals surface area contributed by atoms with Crippen molar-refractivity contribution in [3.8, 4) is 6.07 Å². The number of β-amino-alcohol motifs (C(OH)–C–C–N with tert-alkyl or cyclic N) is 1. The van der Waals surface area contributed by atoms with E-state index < -0.39 is 11.1 Å². The second-order valence-electron chi connectivity index (χ2n) is 6.92. The van der Waals surface area contributed by atoms with Crippen molar-refractivity contribution in [2.75, 3.05) is 19.7 Å². The second kappa shape index (κ2) is 5.51. The van der Waals surface area contributed by atoms with Crippen LogP contribution in [0, 0.1) is 11.3 Å². The number of nitrogens with zero attached hydrogens (tertiary/aromatic N) is 3. The van der Waals surface area contributed by atoms with Gasteiger partial charge in [-0.3, -0.25) is 4.67 Å². The third kappa shape index (κ3) is 2.17. The van der Waals surface area contributed by atoms with Crippen LogP contribution in [0.15, 0.2) is 30.3 Å². The van der Waals surface area contributed by atoms with Crippen LogP contribution in [0.1, 0.15) is 30.9 Å². The molecular formula is C17H22N3O2P. The third-order valence-electron chi connectivity index (χ3n) is 5.59. The number of aliphatic hydroxyl groups is 1. The summed E-state index contributed by atoms with van der Waals surface area (Å²) in [6.45, 7) is 1.60. The van der Waals surface area contributed by atoms with Crippen LogP contribution in [0.2, 0.25) is 0 Å². The van der Waals surface area contributed by atoms with Gasteiger partial charge in [-0.15, -0.1) is 0 Å². The van der Waals surface area contributed by atoms with E-state index in [1.165, 1.54) is 0 Å². The molecule has 0 aliphatic carbocycles. The van der Waals surface area contributed by atoms with Gasteiger partial charge in [-0.25, -0.2) is 4.90 Å². The zero-order chi connectivity index (χ0) is 16.1. The van der Waals surface area contributed by atoms with Crippen LogP contribution in [0.5, 0.6) is 0 Å². The highest BCUT2D eigenvalue weighted by Crippen LogP contribution is 2.51. The van der Waals surface area contributed by atoms with Gasteiger partial charge in [0.1, 0.15) is 17.4 Å². The predicted molar refractivity (Wildman–Crippen MR) is 89.2 cm³/mol. The summed E-state index contributed by atoms with van der Waals surface area (Å²) in [5.74, 6) is 0. The average molecular weight is 331 g/mol. The van der Waals surface area contributed by atoms with E-state index in [1.807, 2.05) is 22.9 Å². The van der Waals surface area contributed by atoms with Crippen LogP contribution < -0.4 is 0 Å². The molecule has 1 N–H and O–H groups in total.